The number of benzene rings is 2. The molecule has 2 fully saturated rings. The van der Waals surface area contributed by atoms with Crippen LogP contribution in [0.1, 0.15) is 44.1 Å². The van der Waals surface area contributed by atoms with Crippen LogP contribution in [0.3, 0.4) is 0 Å². The SMILES string of the molecule is Cc1cc(-c2ccc(S(=O)(=O)N3CCCCC3)cc2)nc2cc(OCCOC3CCCCO3)ccc12. The third-order valence-corrected chi connectivity index (χ3v) is 8.80. The van der Waals surface area contributed by atoms with Gasteiger partial charge in [-0.05, 0) is 74.9 Å². The summed E-state index contributed by atoms with van der Waals surface area (Å²) < 4.78 is 44.8. The second kappa shape index (κ2) is 11.3. The van der Waals surface area contributed by atoms with E-state index in [1.165, 1.54) is 0 Å². The van der Waals surface area contributed by atoms with Gasteiger partial charge in [-0.25, -0.2) is 13.4 Å². The molecule has 1 aromatic heterocycles. The van der Waals surface area contributed by atoms with Gasteiger partial charge < -0.3 is 14.2 Å². The summed E-state index contributed by atoms with van der Waals surface area (Å²) in [6.45, 7) is 4.93. The number of aryl methyl sites for hydroxylation is 1. The third-order valence-electron chi connectivity index (χ3n) is 6.88. The summed E-state index contributed by atoms with van der Waals surface area (Å²) in [5.74, 6) is 0.739. The van der Waals surface area contributed by atoms with Gasteiger partial charge in [-0.15, -0.1) is 0 Å². The lowest BCUT2D eigenvalue weighted by molar-refractivity contribution is -0.165. The summed E-state index contributed by atoms with van der Waals surface area (Å²) >= 11 is 0. The highest BCUT2D eigenvalue weighted by molar-refractivity contribution is 7.89. The van der Waals surface area contributed by atoms with Gasteiger partial charge in [-0.2, -0.15) is 4.31 Å². The van der Waals surface area contributed by atoms with Crippen molar-refractivity contribution in [2.75, 3.05) is 32.9 Å². The largest absolute Gasteiger partial charge is 0.491 e. The van der Waals surface area contributed by atoms with E-state index in [2.05, 4.69) is 6.92 Å². The van der Waals surface area contributed by atoms with Gasteiger partial charge in [-0.1, -0.05) is 18.6 Å². The van der Waals surface area contributed by atoms with E-state index >= 15 is 0 Å². The van der Waals surface area contributed by atoms with Crippen molar-refractivity contribution in [3.8, 4) is 17.0 Å². The number of rotatable bonds is 8. The number of pyridine rings is 1. The van der Waals surface area contributed by atoms with Crippen molar-refractivity contribution in [2.24, 2.45) is 0 Å². The quantitative estimate of drug-likeness (QED) is 0.383. The van der Waals surface area contributed by atoms with E-state index in [-0.39, 0.29) is 6.29 Å². The van der Waals surface area contributed by atoms with Crippen LogP contribution in [0.2, 0.25) is 0 Å². The molecule has 7 nitrogen and oxygen atoms in total. The van der Waals surface area contributed by atoms with Gasteiger partial charge in [0.15, 0.2) is 6.29 Å². The van der Waals surface area contributed by atoms with Crippen molar-refractivity contribution < 1.29 is 22.6 Å². The van der Waals surface area contributed by atoms with E-state index in [1.54, 1.807) is 16.4 Å². The minimum Gasteiger partial charge on any atom is -0.491 e. The van der Waals surface area contributed by atoms with Gasteiger partial charge in [-0.3, -0.25) is 0 Å². The number of aromatic nitrogens is 1. The molecule has 0 saturated carbocycles. The van der Waals surface area contributed by atoms with Crippen LogP contribution in [-0.4, -0.2) is 56.9 Å². The zero-order chi connectivity index (χ0) is 25.0. The number of nitrogens with zero attached hydrogens (tertiary/aromatic N) is 2. The van der Waals surface area contributed by atoms with Crippen LogP contribution in [-0.2, 0) is 19.5 Å². The second-order valence-corrected chi connectivity index (χ2v) is 11.4. The molecule has 5 rings (SSSR count). The smallest absolute Gasteiger partial charge is 0.243 e. The molecule has 0 amide bonds. The Kier molecular flexibility index (Phi) is 7.86. The first-order chi connectivity index (χ1) is 17.5. The van der Waals surface area contributed by atoms with E-state index in [0.717, 1.165) is 78.6 Å². The molecule has 2 aliphatic heterocycles. The van der Waals surface area contributed by atoms with E-state index in [4.69, 9.17) is 19.2 Å². The van der Waals surface area contributed by atoms with Crippen molar-refractivity contribution in [3.05, 3.63) is 54.1 Å². The first-order valence-electron chi connectivity index (χ1n) is 12.9. The molecule has 2 aliphatic rings. The van der Waals surface area contributed by atoms with Crippen molar-refractivity contribution in [2.45, 2.75) is 56.6 Å². The molecule has 2 aromatic carbocycles. The van der Waals surface area contributed by atoms with Crippen LogP contribution >= 0.6 is 0 Å². The van der Waals surface area contributed by atoms with E-state index < -0.39 is 10.0 Å². The molecule has 1 atom stereocenters. The predicted molar refractivity (Wildman–Crippen MR) is 140 cm³/mol. The average Bonchev–Trinajstić information content (AvgIpc) is 2.92. The fourth-order valence-corrected chi connectivity index (χ4v) is 6.37. The minimum absolute atomic E-state index is 0.118. The van der Waals surface area contributed by atoms with Crippen LogP contribution in [0.5, 0.6) is 5.75 Å². The lowest BCUT2D eigenvalue weighted by Gasteiger charge is -2.25. The van der Waals surface area contributed by atoms with Gasteiger partial charge in [0.1, 0.15) is 12.4 Å². The monoisotopic (exact) mass is 510 g/mol. The number of fused-ring (bicyclic) bond motifs is 1. The number of ether oxygens (including phenoxy) is 3. The highest BCUT2D eigenvalue weighted by Crippen LogP contribution is 2.29. The molecule has 36 heavy (non-hydrogen) atoms. The maximum absolute atomic E-state index is 13.0. The fourth-order valence-electron chi connectivity index (χ4n) is 4.85. The van der Waals surface area contributed by atoms with E-state index in [9.17, 15) is 8.42 Å². The summed E-state index contributed by atoms with van der Waals surface area (Å²) in [6.07, 6.45) is 5.99. The van der Waals surface area contributed by atoms with Crippen LogP contribution < -0.4 is 4.74 Å². The molecule has 0 radical (unpaired) electrons. The third kappa shape index (κ3) is 5.72. The Morgan fingerprint density at radius 1 is 0.972 bits per heavy atom. The molecular formula is C28H34N2O5S. The molecule has 8 heteroatoms. The van der Waals surface area contributed by atoms with E-state index in [1.807, 2.05) is 36.4 Å². The second-order valence-electron chi connectivity index (χ2n) is 9.51. The lowest BCUT2D eigenvalue weighted by atomic mass is 10.0. The standard InChI is InChI=1S/C28H34N2O5S/c1-21-19-26(22-8-11-24(12-9-22)36(31,32)30-14-4-2-5-15-30)29-27-20-23(10-13-25(21)27)33-17-18-35-28-7-3-6-16-34-28/h8-13,19-20,28H,2-7,14-18H2,1H3. The highest BCUT2D eigenvalue weighted by atomic mass is 32.2. The number of hydrogen-bond donors (Lipinski definition) is 0. The van der Waals surface area contributed by atoms with Gasteiger partial charge >= 0.3 is 0 Å². The van der Waals surface area contributed by atoms with Crippen molar-refractivity contribution in [1.82, 2.24) is 9.29 Å². The lowest BCUT2D eigenvalue weighted by Crippen LogP contribution is -2.35. The molecule has 0 N–H and O–H groups in total. The molecule has 1 unspecified atom stereocenters. The number of hydrogen-bond acceptors (Lipinski definition) is 6. The van der Waals surface area contributed by atoms with Crippen molar-refractivity contribution in [3.63, 3.8) is 0 Å². The minimum atomic E-state index is -3.45. The van der Waals surface area contributed by atoms with Crippen molar-refractivity contribution >= 4 is 20.9 Å². The van der Waals surface area contributed by atoms with E-state index in [0.29, 0.717) is 31.2 Å². The normalized spacial score (nSPS) is 19.4. The summed E-state index contributed by atoms with van der Waals surface area (Å²) in [4.78, 5) is 5.19. The van der Waals surface area contributed by atoms with Gasteiger partial charge in [0.25, 0.3) is 0 Å². The van der Waals surface area contributed by atoms with Crippen LogP contribution in [0.4, 0.5) is 0 Å². The van der Waals surface area contributed by atoms with Gasteiger partial charge in [0, 0.05) is 36.7 Å². The highest BCUT2D eigenvalue weighted by Gasteiger charge is 2.25. The molecule has 0 spiro atoms. The van der Waals surface area contributed by atoms with Crippen molar-refractivity contribution in [1.29, 1.82) is 0 Å². The average molecular weight is 511 g/mol. The Morgan fingerprint density at radius 2 is 1.78 bits per heavy atom. The van der Waals surface area contributed by atoms with Crippen LogP contribution in [0.15, 0.2) is 53.4 Å². The predicted octanol–water partition coefficient (Wildman–Crippen LogP) is 5.31. The van der Waals surface area contributed by atoms with Gasteiger partial charge in [0.05, 0.1) is 22.7 Å². The Balaban J connectivity index is 1.29. The Morgan fingerprint density at radius 3 is 2.53 bits per heavy atom. The molecule has 0 bridgehead atoms. The molecular weight excluding hydrogens is 476 g/mol. The summed E-state index contributed by atoms with van der Waals surface area (Å²) in [7, 11) is -3.45. The van der Waals surface area contributed by atoms with Crippen LogP contribution in [0, 0.1) is 6.92 Å². The molecule has 192 valence electrons. The summed E-state index contributed by atoms with van der Waals surface area (Å²) in [6, 6.07) is 15.0. The summed E-state index contributed by atoms with van der Waals surface area (Å²) in [5.41, 5.74) is 3.62. The maximum Gasteiger partial charge on any atom is 0.243 e. The summed E-state index contributed by atoms with van der Waals surface area (Å²) in [5, 5.41) is 1.06. The zero-order valence-corrected chi connectivity index (χ0v) is 21.6. The zero-order valence-electron chi connectivity index (χ0n) is 20.8. The molecule has 3 aromatic rings. The first kappa shape index (κ1) is 25.1. The van der Waals surface area contributed by atoms with Gasteiger partial charge in [0.2, 0.25) is 10.0 Å². The number of sulfonamides is 1. The Hall–Kier alpha value is -2.52. The molecule has 0 aliphatic carbocycles. The maximum atomic E-state index is 13.0. The Bertz CT molecular complexity index is 1280. The number of piperidine rings is 1. The first-order valence-corrected chi connectivity index (χ1v) is 14.3. The van der Waals surface area contributed by atoms with Crippen LogP contribution in [0.25, 0.3) is 22.2 Å². The molecule has 2 saturated heterocycles. The Labute approximate surface area is 213 Å². The fraction of sp³-hybridized carbons (Fsp3) is 0.464. The molecule has 3 heterocycles. The topological polar surface area (TPSA) is 78.0 Å².